The Morgan fingerprint density at radius 1 is 1.22 bits per heavy atom. The first-order chi connectivity index (χ1) is 12.7. The normalized spacial score (nSPS) is 11.0. The first-order valence-electron chi connectivity index (χ1n) is 8.08. The number of anilines is 2. The van der Waals surface area contributed by atoms with E-state index in [4.69, 9.17) is 21.1 Å². The standard InChI is InChI=1S/C18H21ClN2O5S/c1-4-26-15-7-5-6-14(11-15)21(27(3,23)24)12-18(22)20-16-10-13(19)8-9-17(16)25-2/h5-11H,4,12H2,1-3H3,(H,20,22). The van der Waals surface area contributed by atoms with Crippen molar-refractivity contribution >= 4 is 38.9 Å². The van der Waals surface area contributed by atoms with Gasteiger partial charge < -0.3 is 14.8 Å². The number of nitrogens with zero attached hydrogens (tertiary/aromatic N) is 1. The average Bonchev–Trinajstić information content (AvgIpc) is 2.59. The van der Waals surface area contributed by atoms with Crippen LogP contribution in [0, 0.1) is 0 Å². The van der Waals surface area contributed by atoms with Gasteiger partial charge in [0.2, 0.25) is 15.9 Å². The van der Waals surface area contributed by atoms with E-state index in [1.54, 1.807) is 36.4 Å². The van der Waals surface area contributed by atoms with Gasteiger partial charge in [0, 0.05) is 11.1 Å². The second kappa shape index (κ2) is 8.96. The molecule has 0 fully saturated rings. The van der Waals surface area contributed by atoms with Gasteiger partial charge in [0.25, 0.3) is 0 Å². The highest BCUT2D eigenvalue weighted by Crippen LogP contribution is 2.28. The van der Waals surface area contributed by atoms with Crippen molar-refractivity contribution in [3.8, 4) is 11.5 Å². The third-order valence-electron chi connectivity index (χ3n) is 3.54. The highest BCUT2D eigenvalue weighted by Gasteiger charge is 2.22. The molecule has 2 aromatic carbocycles. The van der Waals surface area contributed by atoms with Crippen LogP contribution in [0.1, 0.15) is 6.92 Å². The number of carbonyl (C=O) groups excluding carboxylic acids is 1. The molecule has 2 aromatic rings. The monoisotopic (exact) mass is 412 g/mol. The number of rotatable bonds is 8. The molecule has 27 heavy (non-hydrogen) atoms. The molecule has 1 N–H and O–H groups in total. The summed E-state index contributed by atoms with van der Waals surface area (Å²) in [4.78, 5) is 12.5. The van der Waals surface area contributed by atoms with Gasteiger partial charge in [0.05, 0.1) is 31.3 Å². The van der Waals surface area contributed by atoms with E-state index in [-0.39, 0.29) is 0 Å². The van der Waals surface area contributed by atoms with E-state index in [0.29, 0.717) is 34.5 Å². The van der Waals surface area contributed by atoms with E-state index in [1.165, 1.54) is 13.2 Å². The van der Waals surface area contributed by atoms with Crippen LogP contribution in [0.15, 0.2) is 42.5 Å². The smallest absolute Gasteiger partial charge is 0.245 e. The van der Waals surface area contributed by atoms with Crippen LogP contribution in [0.2, 0.25) is 5.02 Å². The summed E-state index contributed by atoms with van der Waals surface area (Å²) >= 11 is 5.95. The number of methoxy groups -OCH3 is 1. The maximum atomic E-state index is 12.5. The predicted octanol–water partition coefficient (Wildman–Crippen LogP) is 3.15. The fourth-order valence-corrected chi connectivity index (χ4v) is 3.41. The molecule has 9 heteroatoms. The summed E-state index contributed by atoms with van der Waals surface area (Å²) < 4.78 is 36.0. The van der Waals surface area contributed by atoms with Crippen molar-refractivity contribution in [3.05, 3.63) is 47.5 Å². The molecule has 0 bridgehead atoms. The third-order valence-corrected chi connectivity index (χ3v) is 4.92. The number of hydrogen-bond donors (Lipinski definition) is 1. The summed E-state index contributed by atoms with van der Waals surface area (Å²) in [5, 5.41) is 3.04. The van der Waals surface area contributed by atoms with Crippen molar-refractivity contribution in [2.45, 2.75) is 6.92 Å². The summed E-state index contributed by atoms with van der Waals surface area (Å²) in [5.41, 5.74) is 0.683. The Morgan fingerprint density at radius 3 is 2.59 bits per heavy atom. The molecule has 0 atom stereocenters. The van der Waals surface area contributed by atoms with Crippen LogP contribution in [0.5, 0.6) is 11.5 Å². The van der Waals surface area contributed by atoms with Gasteiger partial charge in [-0.1, -0.05) is 17.7 Å². The van der Waals surface area contributed by atoms with E-state index in [2.05, 4.69) is 5.32 Å². The summed E-state index contributed by atoms with van der Waals surface area (Å²) in [7, 11) is -2.24. The molecule has 146 valence electrons. The van der Waals surface area contributed by atoms with E-state index < -0.39 is 22.5 Å². The van der Waals surface area contributed by atoms with Gasteiger partial charge in [-0.15, -0.1) is 0 Å². The highest BCUT2D eigenvalue weighted by atomic mass is 35.5. The van der Waals surface area contributed by atoms with E-state index in [9.17, 15) is 13.2 Å². The molecule has 0 saturated heterocycles. The molecule has 0 aliphatic carbocycles. The second-order valence-electron chi connectivity index (χ2n) is 5.59. The molecule has 0 unspecified atom stereocenters. The van der Waals surface area contributed by atoms with Crippen LogP contribution in [0.25, 0.3) is 0 Å². The number of halogens is 1. The van der Waals surface area contributed by atoms with Crippen LogP contribution < -0.4 is 19.1 Å². The maximum absolute atomic E-state index is 12.5. The second-order valence-corrected chi connectivity index (χ2v) is 7.94. The van der Waals surface area contributed by atoms with Gasteiger partial charge in [-0.05, 0) is 37.3 Å². The van der Waals surface area contributed by atoms with Crippen LogP contribution in [-0.4, -0.2) is 40.8 Å². The Bertz CT molecular complexity index is 918. The van der Waals surface area contributed by atoms with Crippen molar-refractivity contribution in [1.82, 2.24) is 0 Å². The quantitative estimate of drug-likeness (QED) is 0.719. The summed E-state index contributed by atoms with van der Waals surface area (Å²) in [6.07, 6.45) is 1.04. The zero-order valence-corrected chi connectivity index (χ0v) is 16.8. The zero-order chi connectivity index (χ0) is 20.0. The minimum atomic E-state index is -3.70. The molecule has 1 amide bonds. The van der Waals surface area contributed by atoms with Crippen molar-refractivity contribution in [3.63, 3.8) is 0 Å². The number of carbonyl (C=O) groups is 1. The molecular weight excluding hydrogens is 392 g/mol. The third kappa shape index (κ3) is 5.77. The first kappa shape index (κ1) is 20.9. The maximum Gasteiger partial charge on any atom is 0.245 e. The molecule has 0 saturated carbocycles. The molecule has 0 spiro atoms. The SMILES string of the molecule is CCOc1cccc(N(CC(=O)Nc2cc(Cl)ccc2OC)S(C)(=O)=O)c1. The number of nitrogens with one attached hydrogen (secondary N) is 1. The zero-order valence-electron chi connectivity index (χ0n) is 15.2. The van der Waals surface area contributed by atoms with Crippen LogP contribution in [0.4, 0.5) is 11.4 Å². The van der Waals surface area contributed by atoms with Gasteiger partial charge in [-0.25, -0.2) is 8.42 Å². The van der Waals surface area contributed by atoms with Gasteiger partial charge >= 0.3 is 0 Å². The number of amides is 1. The Morgan fingerprint density at radius 2 is 1.96 bits per heavy atom. The molecular formula is C18H21ClN2O5S. The van der Waals surface area contributed by atoms with Gasteiger partial charge in [0.15, 0.2) is 0 Å². The summed E-state index contributed by atoms with van der Waals surface area (Å²) in [6, 6.07) is 11.3. The Labute approximate surface area is 163 Å². The number of ether oxygens (including phenoxy) is 2. The van der Waals surface area contributed by atoms with E-state index >= 15 is 0 Å². The number of sulfonamides is 1. The number of hydrogen-bond acceptors (Lipinski definition) is 5. The number of benzene rings is 2. The highest BCUT2D eigenvalue weighted by molar-refractivity contribution is 7.92. The lowest BCUT2D eigenvalue weighted by Gasteiger charge is -2.22. The molecule has 7 nitrogen and oxygen atoms in total. The largest absolute Gasteiger partial charge is 0.495 e. The van der Waals surface area contributed by atoms with Gasteiger partial charge in [0.1, 0.15) is 18.0 Å². The van der Waals surface area contributed by atoms with Crippen LogP contribution >= 0.6 is 11.6 Å². The van der Waals surface area contributed by atoms with Crippen molar-refractivity contribution in [2.75, 3.05) is 36.1 Å². The Kier molecular flexibility index (Phi) is 6.92. The van der Waals surface area contributed by atoms with Crippen LogP contribution in [-0.2, 0) is 14.8 Å². The lowest BCUT2D eigenvalue weighted by Crippen LogP contribution is -2.37. The van der Waals surface area contributed by atoms with E-state index in [1.807, 2.05) is 6.92 Å². The van der Waals surface area contributed by atoms with Crippen molar-refractivity contribution in [2.24, 2.45) is 0 Å². The Hall–Kier alpha value is -2.45. The molecule has 0 aromatic heterocycles. The Balaban J connectivity index is 2.26. The average molecular weight is 413 g/mol. The topological polar surface area (TPSA) is 84.9 Å². The molecule has 0 heterocycles. The fraction of sp³-hybridized carbons (Fsp3) is 0.278. The lowest BCUT2D eigenvalue weighted by atomic mass is 10.2. The van der Waals surface area contributed by atoms with Crippen molar-refractivity contribution < 1.29 is 22.7 Å². The van der Waals surface area contributed by atoms with Gasteiger partial charge in [-0.3, -0.25) is 9.10 Å². The van der Waals surface area contributed by atoms with Crippen LogP contribution in [0.3, 0.4) is 0 Å². The van der Waals surface area contributed by atoms with Gasteiger partial charge in [-0.2, -0.15) is 0 Å². The summed E-state index contributed by atoms with van der Waals surface area (Å²) in [6.45, 7) is 1.86. The first-order valence-corrected chi connectivity index (χ1v) is 10.3. The minimum absolute atomic E-state index is 0.330. The predicted molar refractivity (Wildman–Crippen MR) is 106 cm³/mol. The molecule has 0 radical (unpaired) electrons. The molecule has 2 rings (SSSR count). The fourth-order valence-electron chi connectivity index (χ4n) is 2.39. The summed E-state index contributed by atoms with van der Waals surface area (Å²) in [5.74, 6) is 0.389. The minimum Gasteiger partial charge on any atom is -0.495 e. The molecule has 0 aliphatic heterocycles. The molecule has 0 aliphatic rings. The van der Waals surface area contributed by atoms with Crippen molar-refractivity contribution in [1.29, 1.82) is 0 Å². The lowest BCUT2D eigenvalue weighted by molar-refractivity contribution is -0.114. The van der Waals surface area contributed by atoms with E-state index in [0.717, 1.165) is 10.6 Å².